The molecule has 1 amide bonds. The molecule has 0 atom stereocenters. The molecular formula is C46H37F4NO9S3. The van der Waals surface area contributed by atoms with Crippen LogP contribution in [0.3, 0.4) is 0 Å². The first-order valence-electron chi connectivity index (χ1n) is 18.7. The Hall–Kier alpha value is -6.43. The molecule has 7 rings (SSSR count). The van der Waals surface area contributed by atoms with E-state index < -0.39 is 35.1 Å². The Balaban J connectivity index is 0.000000219. The Morgan fingerprint density at radius 1 is 0.603 bits per heavy atom. The molecule has 0 aliphatic rings. The third-order valence-electron chi connectivity index (χ3n) is 9.08. The second-order valence-corrected chi connectivity index (χ2v) is 17.1. The molecule has 2 N–H and O–H groups in total. The smallest absolute Gasteiger partial charge is 0.387 e. The molecule has 5 aromatic carbocycles. The maximum atomic E-state index is 12.5. The van der Waals surface area contributed by atoms with Crippen molar-refractivity contribution in [3.8, 4) is 33.8 Å². The van der Waals surface area contributed by atoms with Gasteiger partial charge in [0.2, 0.25) is 5.76 Å². The molecule has 0 fully saturated rings. The molecule has 0 saturated heterocycles. The van der Waals surface area contributed by atoms with Gasteiger partial charge in [0.15, 0.2) is 5.76 Å². The van der Waals surface area contributed by atoms with Crippen molar-refractivity contribution >= 4 is 45.4 Å². The van der Waals surface area contributed by atoms with Gasteiger partial charge in [-0.25, -0.2) is 17.9 Å². The van der Waals surface area contributed by atoms with E-state index in [1.54, 1.807) is 74.1 Å². The van der Waals surface area contributed by atoms with E-state index in [9.17, 15) is 35.6 Å². The summed E-state index contributed by atoms with van der Waals surface area (Å²) >= 11 is 3.09. The largest absolute Gasteiger partial charge is 0.475 e. The maximum Gasteiger partial charge on any atom is 0.387 e. The lowest BCUT2D eigenvalue weighted by Crippen LogP contribution is -2.30. The minimum absolute atomic E-state index is 0.0155. The third kappa shape index (κ3) is 13.0. The number of furan rings is 2. The summed E-state index contributed by atoms with van der Waals surface area (Å²) in [6.07, 6.45) is 0. The number of halogens is 4. The van der Waals surface area contributed by atoms with Gasteiger partial charge in [-0.05, 0) is 109 Å². The van der Waals surface area contributed by atoms with Crippen molar-refractivity contribution in [2.45, 2.75) is 53.3 Å². The first-order valence-corrected chi connectivity index (χ1v) is 22.2. The van der Waals surface area contributed by atoms with E-state index in [1.165, 1.54) is 54.2 Å². The number of ether oxygens (including phenoxy) is 2. The number of nitrogens with one attached hydrogen (secondary N) is 1. The van der Waals surface area contributed by atoms with Crippen LogP contribution in [0.25, 0.3) is 22.3 Å². The number of carbonyl (C=O) groups excluding carboxylic acids is 1. The van der Waals surface area contributed by atoms with Crippen molar-refractivity contribution in [2.24, 2.45) is 0 Å². The normalized spacial score (nSPS) is 11.2. The zero-order valence-corrected chi connectivity index (χ0v) is 35.7. The minimum atomic E-state index is -4.01. The fourth-order valence-electron chi connectivity index (χ4n) is 5.84. The van der Waals surface area contributed by atoms with Crippen molar-refractivity contribution in [3.05, 3.63) is 174 Å². The van der Waals surface area contributed by atoms with Crippen LogP contribution in [0.1, 0.15) is 43.8 Å². The van der Waals surface area contributed by atoms with Gasteiger partial charge in [0, 0.05) is 32.4 Å². The van der Waals surface area contributed by atoms with Crippen molar-refractivity contribution in [1.82, 2.24) is 4.72 Å². The summed E-state index contributed by atoms with van der Waals surface area (Å²) in [5.41, 5.74) is 5.23. The molecule has 7 aromatic rings. The van der Waals surface area contributed by atoms with E-state index in [2.05, 4.69) is 9.47 Å². The highest BCUT2D eigenvalue weighted by Crippen LogP contribution is 2.31. The first kappa shape index (κ1) is 46.1. The lowest BCUT2D eigenvalue weighted by molar-refractivity contribution is -0.0505. The Kier molecular flexibility index (Phi) is 15.4. The van der Waals surface area contributed by atoms with Gasteiger partial charge >= 0.3 is 25.1 Å². The number of sulfonamides is 1. The highest BCUT2D eigenvalue weighted by atomic mass is 32.2. The summed E-state index contributed by atoms with van der Waals surface area (Å²) in [5.74, 6) is 0.384. The maximum absolute atomic E-state index is 12.5. The molecule has 2 aromatic heterocycles. The third-order valence-corrected chi connectivity index (χ3v) is 12.5. The Bertz CT molecular complexity index is 2730. The number of carbonyl (C=O) groups is 2. The number of carboxylic acid groups (broad SMARTS) is 1. The molecule has 0 radical (unpaired) electrons. The van der Waals surface area contributed by atoms with Crippen molar-refractivity contribution in [2.75, 3.05) is 0 Å². The van der Waals surface area contributed by atoms with Gasteiger partial charge in [0.25, 0.3) is 10.0 Å². The van der Waals surface area contributed by atoms with Crippen LogP contribution in [-0.2, 0) is 21.5 Å². The van der Waals surface area contributed by atoms with Crippen LogP contribution in [-0.4, -0.2) is 38.6 Å². The molecule has 10 nitrogen and oxygen atoms in total. The predicted octanol–water partition coefficient (Wildman–Crippen LogP) is 12.1. The molecule has 0 aliphatic carbocycles. The summed E-state index contributed by atoms with van der Waals surface area (Å²) < 4.78 is 95.2. The number of hydrogen-bond donors (Lipinski definition) is 2. The first-order chi connectivity index (χ1) is 30.1. The second kappa shape index (κ2) is 21.1. The van der Waals surface area contributed by atoms with Crippen LogP contribution in [0.5, 0.6) is 11.5 Å². The summed E-state index contributed by atoms with van der Waals surface area (Å²) in [4.78, 5) is 25.4. The molecule has 17 heteroatoms. The highest BCUT2D eigenvalue weighted by Gasteiger charge is 2.22. The van der Waals surface area contributed by atoms with Crippen LogP contribution in [0.4, 0.5) is 17.6 Å². The van der Waals surface area contributed by atoms with E-state index in [0.717, 1.165) is 43.2 Å². The molecule has 63 heavy (non-hydrogen) atoms. The quantitative estimate of drug-likeness (QED) is 0.0705. The van der Waals surface area contributed by atoms with Gasteiger partial charge in [0.05, 0.1) is 4.90 Å². The van der Waals surface area contributed by atoms with Gasteiger partial charge in [-0.1, -0.05) is 66.7 Å². The molecule has 0 unspecified atom stereocenters. The average Bonchev–Trinajstić information content (AvgIpc) is 3.84. The van der Waals surface area contributed by atoms with Crippen molar-refractivity contribution in [1.29, 1.82) is 0 Å². The average molecular weight is 920 g/mol. The fourth-order valence-corrected chi connectivity index (χ4v) is 8.69. The summed E-state index contributed by atoms with van der Waals surface area (Å²) in [6, 6.07) is 39.0. The molecule has 2 heterocycles. The number of alkyl halides is 4. The monoisotopic (exact) mass is 919 g/mol. The molecule has 0 aliphatic heterocycles. The van der Waals surface area contributed by atoms with Gasteiger partial charge in [-0.15, -0.1) is 23.5 Å². The second-order valence-electron chi connectivity index (χ2n) is 13.4. The van der Waals surface area contributed by atoms with Crippen LogP contribution >= 0.6 is 23.5 Å². The van der Waals surface area contributed by atoms with Crippen molar-refractivity contribution < 1.29 is 59.0 Å². The zero-order valence-electron chi connectivity index (χ0n) is 33.3. The zero-order chi connectivity index (χ0) is 45.1. The van der Waals surface area contributed by atoms with Gasteiger partial charge in [-0.2, -0.15) is 17.6 Å². The predicted molar refractivity (Wildman–Crippen MR) is 231 cm³/mol. The summed E-state index contributed by atoms with van der Waals surface area (Å²) in [5, 5.41) is 8.96. The molecule has 0 spiro atoms. The molecular weight excluding hydrogens is 883 g/mol. The molecule has 0 saturated carbocycles. The Labute approximate surface area is 368 Å². The van der Waals surface area contributed by atoms with Gasteiger partial charge in [-0.3, -0.25) is 4.79 Å². The SMILES string of the molecule is Cc1oc(C(=O)NS(=O)(=O)c2ccccc2)cc1CSc1ccc(-c2ccc(OC(F)F)cc2)cc1.Cc1oc(C(=O)O)cc1CSc1ccc(-c2ccc(OC(F)F)cc2)cc1. The Morgan fingerprint density at radius 3 is 1.37 bits per heavy atom. The highest BCUT2D eigenvalue weighted by molar-refractivity contribution is 7.98. The number of hydrogen-bond acceptors (Lipinski definition) is 10. The van der Waals surface area contributed by atoms with Gasteiger partial charge in [0.1, 0.15) is 23.0 Å². The molecule has 326 valence electrons. The number of rotatable bonds is 16. The van der Waals surface area contributed by atoms with Gasteiger partial charge < -0.3 is 23.4 Å². The Morgan fingerprint density at radius 2 is 0.984 bits per heavy atom. The van der Waals surface area contributed by atoms with E-state index in [0.29, 0.717) is 23.0 Å². The lowest BCUT2D eigenvalue weighted by Gasteiger charge is -2.07. The number of benzene rings is 5. The van der Waals surface area contributed by atoms with Crippen LogP contribution in [0.15, 0.2) is 163 Å². The topological polar surface area (TPSA) is 145 Å². The fraction of sp³-hybridized carbons (Fsp3) is 0.130. The minimum Gasteiger partial charge on any atom is -0.475 e. The standard InChI is InChI=1S/C26H21F2NO5S2.C20H16F2O4S/c1-17-20(15-24(33-17)25(30)29-36(31,32)23-5-3-2-4-6-23)16-35-22-13-9-19(10-14-22)18-7-11-21(12-8-18)34-26(27)28;1-12-15(10-18(25-12)19(23)24)11-27-17-8-4-14(5-9-17)13-2-6-16(7-3-13)26-20(21)22/h2-15,26H,16H2,1H3,(H,29,30);2-10,20H,11H2,1H3,(H,23,24). The van der Waals surface area contributed by atoms with Crippen LogP contribution in [0, 0.1) is 13.8 Å². The number of thioether (sulfide) groups is 2. The number of amides is 1. The van der Waals surface area contributed by atoms with E-state index in [-0.39, 0.29) is 27.9 Å². The summed E-state index contributed by atoms with van der Waals surface area (Å²) in [6.45, 7) is -2.24. The van der Waals surface area contributed by atoms with E-state index >= 15 is 0 Å². The number of aromatic carboxylic acids is 1. The number of carboxylic acids is 1. The summed E-state index contributed by atoms with van der Waals surface area (Å²) in [7, 11) is -4.01. The van der Waals surface area contributed by atoms with Crippen LogP contribution in [0.2, 0.25) is 0 Å². The van der Waals surface area contributed by atoms with Crippen LogP contribution < -0.4 is 14.2 Å². The number of aryl methyl sites for hydroxylation is 2. The van der Waals surface area contributed by atoms with Crippen molar-refractivity contribution in [3.63, 3.8) is 0 Å². The van der Waals surface area contributed by atoms with E-state index in [1.807, 2.05) is 53.3 Å². The lowest BCUT2D eigenvalue weighted by atomic mass is 10.1. The van der Waals surface area contributed by atoms with E-state index in [4.69, 9.17) is 13.9 Å². The molecule has 0 bridgehead atoms.